The molecule has 0 bridgehead atoms. The van der Waals surface area contributed by atoms with Gasteiger partial charge in [-0.2, -0.15) is 4.31 Å². The van der Waals surface area contributed by atoms with Gasteiger partial charge in [-0.3, -0.25) is 4.79 Å². The molecule has 1 saturated heterocycles. The summed E-state index contributed by atoms with van der Waals surface area (Å²) < 4.78 is 33.1. The standard InChI is InChI=1S/C13H21N3O4S/c1-3-4-14-13(17)12-9-11(10-15(12)2)21(18,19)16-5-7-20-8-6-16/h9-10H,3-8H2,1-2H3,(H,14,17). The van der Waals surface area contributed by atoms with Crippen molar-refractivity contribution in [2.75, 3.05) is 32.8 Å². The van der Waals surface area contributed by atoms with Crippen molar-refractivity contribution in [3.05, 3.63) is 18.0 Å². The number of nitrogens with zero attached hydrogens (tertiary/aromatic N) is 2. The Bertz CT molecular complexity index is 603. The van der Waals surface area contributed by atoms with Crippen LogP contribution in [-0.2, 0) is 21.8 Å². The predicted octanol–water partition coefficient (Wildman–Crippen LogP) is 0.186. The molecule has 1 N–H and O–H groups in total. The maximum Gasteiger partial charge on any atom is 0.267 e. The number of hydrogen-bond donors (Lipinski definition) is 1. The zero-order valence-electron chi connectivity index (χ0n) is 12.3. The molecule has 8 heteroatoms. The minimum atomic E-state index is -3.57. The third-order valence-corrected chi connectivity index (χ3v) is 5.22. The molecule has 0 aromatic carbocycles. The lowest BCUT2D eigenvalue weighted by Gasteiger charge is -2.25. The van der Waals surface area contributed by atoms with Crippen LogP contribution in [0.3, 0.4) is 0 Å². The van der Waals surface area contributed by atoms with E-state index in [4.69, 9.17) is 4.74 Å². The molecule has 2 rings (SSSR count). The number of hydrogen-bond acceptors (Lipinski definition) is 4. The van der Waals surface area contributed by atoms with Crippen LogP contribution in [0.25, 0.3) is 0 Å². The summed E-state index contributed by atoms with van der Waals surface area (Å²) in [6, 6.07) is 1.43. The van der Waals surface area contributed by atoms with Gasteiger partial charge in [0.1, 0.15) is 10.6 Å². The first kappa shape index (κ1) is 16.0. The van der Waals surface area contributed by atoms with Gasteiger partial charge >= 0.3 is 0 Å². The van der Waals surface area contributed by atoms with Gasteiger partial charge in [0.05, 0.1) is 13.2 Å². The van der Waals surface area contributed by atoms with Crippen LogP contribution in [0.1, 0.15) is 23.8 Å². The van der Waals surface area contributed by atoms with E-state index in [1.807, 2.05) is 6.92 Å². The number of carbonyl (C=O) groups is 1. The normalized spacial score (nSPS) is 16.9. The van der Waals surface area contributed by atoms with E-state index in [1.54, 1.807) is 11.6 Å². The smallest absolute Gasteiger partial charge is 0.267 e. The van der Waals surface area contributed by atoms with Crippen LogP contribution in [0, 0.1) is 0 Å². The summed E-state index contributed by atoms with van der Waals surface area (Å²) in [5, 5.41) is 2.75. The van der Waals surface area contributed by atoms with Gasteiger partial charge in [0.25, 0.3) is 5.91 Å². The Morgan fingerprint density at radius 1 is 1.38 bits per heavy atom. The molecule has 1 fully saturated rings. The van der Waals surface area contributed by atoms with Crippen LogP contribution in [0.2, 0.25) is 0 Å². The van der Waals surface area contributed by atoms with Gasteiger partial charge in [0.2, 0.25) is 10.0 Å². The van der Waals surface area contributed by atoms with Crippen LogP contribution < -0.4 is 5.32 Å². The van der Waals surface area contributed by atoms with Crippen molar-refractivity contribution in [3.8, 4) is 0 Å². The second-order valence-electron chi connectivity index (χ2n) is 4.94. The highest BCUT2D eigenvalue weighted by Crippen LogP contribution is 2.19. The SMILES string of the molecule is CCCNC(=O)c1cc(S(=O)(=O)N2CCOCC2)cn1C. The van der Waals surface area contributed by atoms with Crippen molar-refractivity contribution in [1.29, 1.82) is 0 Å². The number of ether oxygens (including phenoxy) is 1. The number of sulfonamides is 1. The third kappa shape index (κ3) is 3.45. The Labute approximate surface area is 124 Å². The molecular weight excluding hydrogens is 294 g/mol. The van der Waals surface area contributed by atoms with Gasteiger partial charge in [-0.05, 0) is 12.5 Å². The number of carbonyl (C=O) groups excluding carboxylic acids is 1. The molecule has 1 amide bonds. The highest BCUT2D eigenvalue weighted by Gasteiger charge is 2.28. The van der Waals surface area contributed by atoms with Gasteiger partial charge in [-0.25, -0.2) is 8.42 Å². The molecule has 0 radical (unpaired) electrons. The van der Waals surface area contributed by atoms with Crippen LogP contribution >= 0.6 is 0 Å². The van der Waals surface area contributed by atoms with Crippen molar-refractivity contribution in [3.63, 3.8) is 0 Å². The highest BCUT2D eigenvalue weighted by molar-refractivity contribution is 7.89. The minimum absolute atomic E-state index is 0.147. The van der Waals surface area contributed by atoms with Crippen molar-refractivity contribution in [1.82, 2.24) is 14.2 Å². The lowest BCUT2D eigenvalue weighted by atomic mass is 10.4. The van der Waals surface area contributed by atoms with Gasteiger partial charge in [-0.1, -0.05) is 6.92 Å². The maximum atomic E-state index is 12.5. The number of amides is 1. The first-order valence-corrected chi connectivity index (χ1v) is 8.43. The lowest BCUT2D eigenvalue weighted by Crippen LogP contribution is -2.40. The molecule has 0 aliphatic carbocycles. The predicted molar refractivity (Wildman–Crippen MR) is 77.6 cm³/mol. The number of rotatable bonds is 5. The fraction of sp³-hybridized carbons (Fsp3) is 0.615. The molecule has 0 unspecified atom stereocenters. The topological polar surface area (TPSA) is 80.6 Å². The Hall–Kier alpha value is -1.38. The number of aromatic nitrogens is 1. The van der Waals surface area contributed by atoms with E-state index >= 15 is 0 Å². The fourth-order valence-electron chi connectivity index (χ4n) is 2.17. The molecule has 21 heavy (non-hydrogen) atoms. The molecular formula is C13H21N3O4S. The summed E-state index contributed by atoms with van der Waals surface area (Å²) >= 11 is 0. The molecule has 7 nitrogen and oxygen atoms in total. The van der Waals surface area contributed by atoms with Crippen molar-refractivity contribution in [2.45, 2.75) is 18.2 Å². The van der Waals surface area contributed by atoms with Gasteiger partial charge < -0.3 is 14.6 Å². The van der Waals surface area contributed by atoms with E-state index in [-0.39, 0.29) is 10.8 Å². The third-order valence-electron chi connectivity index (χ3n) is 3.36. The Morgan fingerprint density at radius 3 is 2.67 bits per heavy atom. The van der Waals surface area contributed by atoms with Crippen molar-refractivity contribution < 1.29 is 17.9 Å². The van der Waals surface area contributed by atoms with E-state index in [1.165, 1.54) is 16.6 Å². The van der Waals surface area contributed by atoms with Gasteiger partial charge in [-0.15, -0.1) is 0 Å². The molecule has 0 atom stereocenters. The van der Waals surface area contributed by atoms with E-state index in [2.05, 4.69) is 5.32 Å². The second-order valence-corrected chi connectivity index (χ2v) is 6.88. The largest absolute Gasteiger partial charge is 0.379 e. The van der Waals surface area contributed by atoms with E-state index in [0.29, 0.717) is 38.5 Å². The van der Waals surface area contributed by atoms with Crippen LogP contribution in [0.5, 0.6) is 0 Å². The Kier molecular flexibility index (Phi) is 5.02. The molecule has 0 saturated carbocycles. The zero-order valence-corrected chi connectivity index (χ0v) is 13.1. The summed E-state index contributed by atoms with van der Waals surface area (Å²) in [6.07, 6.45) is 2.31. The second kappa shape index (κ2) is 6.59. The quantitative estimate of drug-likeness (QED) is 0.841. The summed E-state index contributed by atoms with van der Waals surface area (Å²) in [6.45, 7) is 4.00. The molecule has 118 valence electrons. The van der Waals surface area contributed by atoms with Gasteiger partial charge in [0, 0.05) is 32.9 Å². The summed E-state index contributed by atoms with van der Waals surface area (Å²) in [4.78, 5) is 12.1. The molecule has 0 spiro atoms. The van der Waals surface area contributed by atoms with Crippen molar-refractivity contribution >= 4 is 15.9 Å². The maximum absolute atomic E-state index is 12.5. The minimum Gasteiger partial charge on any atom is -0.379 e. The van der Waals surface area contributed by atoms with E-state index < -0.39 is 10.0 Å². The van der Waals surface area contributed by atoms with Crippen LogP contribution in [0.15, 0.2) is 17.2 Å². The number of morpholine rings is 1. The monoisotopic (exact) mass is 315 g/mol. The van der Waals surface area contributed by atoms with Crippen molar-refractivity contribution in [2.24, 2.45) is 7.05 Å². The molecule has 1 aliphatic rings. The average molecular weight is 315 g/mol. The lowest BCUT2D eigenvalue weighted by molar-refractivity contribution is 0.0730. The zero-order chi connectivity index (χ0) is 15.5. The fourth-order valence-corrected chi connectivity index (χ4v) is 3.65. The summed E-state index contributed by atoms with van der Waals surface area (Å²) in [5.74, 6) is -0.261. The molecule has 1 aliphatic heterocycles. The van der Waals surface area contributed by atoms with Crippen LogP contribution in [-0.4, -0.2) is 56.0 Å². The van der Waals surface area contributed by atoms with E-state index in [9.17, 15) is 13.2 Å². The number of aryl methyl sites for hydroxylation is 1. The first-order valence-electron chi connectivity index (χ1n) is 6.99. The van der Waals surface area contributed by atoms with Crippen LogP contribution in [0.4, 0.5) is 0 Å². The van der Waals surface area contributed by atoms with Gasteiger partial charge in [0.15, 0.2) is 0 Å². The summed E-state index contributed by atoms with van der Waals surface area (Å²) in [7, 11) is -1.90. The Morgan fingerprint density at radius 2 is 2.05 bits per heavy atom. The van der Waals surface area contributed by atoms with E-state index in [0.717, 1.165) is 6.42 Å². The molecule has 1 aromatic heterocycles. The molecule has 1 aromatic rings. The highest BCUT2D eigenvalue weighted by atomic mass is 32.2. The Balaban J connectivity index is 2.22. The molecule has 2 heterocycles. The first-order chi connectivity index (χ1) is 9.96. The number of nitrogens with one attached hydrogen (secondary N) is 1. The average Bonchev–Trinajstić information content (AvgIpc) is 2.88. The summed E-state index contributed by atoms with van der Waals surface area (Å²) in [5.41, 5.74) is 0.343.